The number of benzene rings is 2. The van der Waals surface area contributed by atoms with Crippen molar-refractivity contribution in [2.24, 2.45) is 5.73 Å². The van der Waals surface area contributed by atoms with Gasteiger partial charge in [0.25, 0.3) is 0 Å². The zero-order valence-electron chi connectivity index (χ0n) is 18.9. The van der Waals surface area contributed by atoms with Gasteiger partial charge in [-0.05, 0) is 62.1 Å². The van der Waals surface area contributed by atoms with Crippen LogP contribution in [0, 0.1) is 39.0 Å². The molecule has 2 aromatic carbocycles. The lowest BCUT2D eigenvalue weighted by Gasteiger charge is -2.24. The Kier molecular flexibility index (Phi) is 5.54. The number of rotatable bonds is 5. The predicted octanol–water partition coefficient (Wildman–Crippen LogP) is 4.45. The Balaban J connectivity index is 1.69. The van der Waals surface area contributed by atoms with Gasteiger partial charge in [-0.15, -0.1) is 5.10 Å². The number of aromatic nitrogens is 2. The van der Waals surface area contributed by atoms with Crippen LogP contribution in [0.2, 0.25) is 0 Å². The fourth-order valence-electron chi connectivity index (χ4n) is 4.30. The van der Waals surface area contributed by atoms with E-state index in [9.17, 15) is 5.26 Å². The monoisotopic (exact) mass is 430 g/mol. The van der Waals surface area contributed by atoms with Gasteiger partial charge in [0.1, 0.15) is 18.2 Å². The van der Waals surface area contributed by atoms with Crippen molar-refractivity contribution in [2.75, 3.05) is 7.11 Å². The van der Waals surface area contributed by atoms with Crippen LogP contribution in [0.1, 0.15) is 45.0 Å². The highest BCUT2D eigenvalue weighted by Crippen LogP contribution is 2.44. The number of ether oxygens (including phenoxy) is 3. The average molecular weight is 431 g/mol. The maximum Gasteiger partial charge on any atom is 0.244 e. The molecule has 32 heavy (non-hydrogen) atoms. The number of methoxy groups -OCH3 is 1. The van der Waals surface area contributed by atoms with E-state index in [0.717, 1.165) is 22.4 Å². The molecule has 4 rings (SSSR count). The lowest BCUT2D eigenvalue weighted by molar-refractivity contribution is 0.283. The average Bonchev–Trinajstić information content (AvgIpc) is 3.12. The van der Waals surface area contributed by atoms with Crippen molar-refractivity contribution in [2.45, 2.75) is 40.2 Å². The topological polar surface area (TPSA) is 106 Å². The van der Waals surface area contributed by atoms with Crippen molar-refractivity contribution in [1.29, 1.82) is 5.26 Å². The van der Waals surface area contributed by atoms with E-state index < -0.39 is 5.92 Å². The summed E-state index contributed by atoms with van der Waals surface area (Å²) in [6.45, 7) is 8.60. The summed E-state index contributed by atoms with van der Waals surface area (Å²) in [6, 6.07) is 12.2. The number of H-pyrrole nitrogens is 1. The molecule has 7 heteroatoms. The molecule has 0 unspecified atom stereocenters. The number of nitrogens with two attached hydrogens (primary N) is 1. The van der Waals surface area contributed by atoms with E-state index in [2.05, 4.69) is 49.2 Å². The Morgan fingerprint density at radius 1 is 1.12 bits per heavy atom. The molecule has 1 atom stereocenters. The molecule has 164 valence electrons. The van der Waals surface area contributed by atoms with Crippen LogP contribution in [-0.4, -0.2) is 17.3 Å². The molecule has 1 aliphatic heterocycles. The van der Waals surface area contributed by atoms with E-state index >= 15 is 0 Å². The van der Waals surface area contributed by atoms with Crippen LogP contribution >= 0.6 is 0 Å². The van der Waals surface area contributed by atoms with E-state index in [1.165, 1.54) is 16.7 Å². The van der Waals surface area contributed by atoms with E-state index in [1.807, 2.05) is 25.1 Å². The first kappa shape index (κ1) is 21.3. The molecule has 3 aromatic rings. The van der Waals surface area contributed by atoms with Gasteiger partial charge >= 0.3 is 0 Å². The molecule has 0 fully saturated rings. The van der Waals surface area contributed by atoms with Gasteiger partial charge in [-0.1, -0.05) is 23.8 Å². The van der Waals surface area contributed by atoms with Crippen LogP contribution in [-0.2, 0) is 6.61 Å². The lowest BCUT2D eigenvalue weighted by Crippen LogP contribution is -2.21. The van der Waals surface area contributed by atoms with Gasteiger partial charge in [-0.2, -0.15) is 5.26 Å². The minimum Gasteiger partial charge on any atom is -0.493 e. The van der Waals surface area contributed by atoms with Crippen molar-refractivity contribution in [3.63, 3.8) is 0 Å². The molecule has 0 radical (unpaired) electrons. The molecule has 0 spiro atoms. The highest BCUT2D eigenvalue weighted by atomic mass is 16.5. The quantitative estimate of drug-likeness (QED) is 0.619. The number of hydrogen-bond acceptors (Lipinski definition) is 6. The maximum absolute atomic E-state index is 9.76. The summed E-state index contributed by atoms with van der Waals surface area (Å²) in [5.74, 6) is 1.24. The SMILES string of the molecule is COc1cc([C@@H]2C(C#N)=C(N)Oc3n[nH]c(C)c32)ccc1OCc1c(C)cc(C)cc1C. The smallest absolute Gasteiger partial charge is 0.244 e. The van der Waals surface area contributed by atoms with Crippen LogP contribution in [0.3, 0.4) is 0 Å². The van der Waals surface area contributed by atoms with Crippen LogP contribution in [0.25, 0.3) is 0 Å². The van der Waals surface area contributed by atoms with Crippen molar-refractivity contribution in [3.8, 4) is 23.4 Å². The van der Waals surface area contributed by atoms with Gasteiger partial charge in [0.2, 0.25) is 11.8 Å². The molecule has 0 saturated carbocycles. The van der Waals surface area contributed by atoms with Gasteiger partial charge in [-0.3, -0.25) is 5.10 Å². The van der Waals surface area contributed by atoms with Crippen molar-refractivity contribution >= 4 is 0 Å². The van der Waals surface area contributed by atoms with Crippen molar-refractivity contribution in [1.82, 2.24) is 10.2 Å². The summed E-state index contributed by atoms with van der Waals surface area (Å²) >= 11 is 0. The van der Waals surface area contributed by atoms with Crippen LogP contribution in [0.5, 0.6) is 17.4 Å². The van der Waals surface area contributed by atoms with E-state index in [4.69, 9.17) is 19.9 Å². The van der Waals surface area contributed by atoms with Gasteiger partial charge in [0, 0.05) is 11.3 Å². The number of hydrogen-bond donors (Lipinski definition) is 2. The number of aryl methyl sites for hydroxylation is 4. The number of allylic oxidation sites excluding steroid dienone is 1. The Hall–Kier alpha value is -3.92. The first-order chi connectivity index (χ1) is 15.3. The van der Waals surface area contributed by atoms with Crippen LogP contribution < -0.4 is 19.9 Å². The maximum atomic E-state index is 9.76. The summed E-state index contributed by atoms with van der Waals surface area (Å²) < 4.78 is 17.3. The predicted molar refractivity (Wildman–Crippen MR) is 121 cm³/mol. The summed E-state index contributed by atoms with van der Waals surface area (Å²) in [6.07, 6.45) is 0. The minimum absolute atomic E-state index is 0.0566. The molecule has 2 heterocycles. The molecule has 0 bridgehead atoms. The normalized spacial score (nSPS) is 15.1. The molecule has 1 aromatic heterocycles. The summed E-state index contributed by atoms with van der Waals surface area (Å²) in [5.41, 5.74) is 13.6. The van der Waals surface area contributed by atoms with Gasteiger partial charge in [0.05, 0.1) is 13.0 Å². The molecular weight excluding hydrogens is 404 g/mol. The number of nitrogens with one attached hydrogen (secondary N) is 1. The van der Waals surface area contributed by atoms with E-state index in [-0.39, 0.29) is 5.88 Å². The first-order valence-corrected chi connectivity index (χ1v) is 10.3. The summed E-state index contributed by atoms with van der Waals surface area (Å²) in [7, 11) is 1.60. The molecular formula is C25H26N4O3. The number of nitriles is 1. The lowest BCUT2D eigenvalue weighted by atomic mass is 9.84. The first-order valence-electron chi connectivity index (χ1n) is 10.3. The number of fused-ring (bicyclic) bond motifs is 1. The summed E-state index contributed by atoms with van der Waals surface area (Å²) in [5, 5.41) is 16.8. The highest BCUT2D eigenvalue weighted by Gasteiger charge is 2.34. The Morgan fingerprint density at radius 3 is 2.50 bits per heavy atom. The third-order valence-corrected chi connectivity index (χ3v) is 5.86. The third kappa shape index (κ3) is 3.65. The standard InChI is InChI=1S/C25H26N4O3/c1-13-8-14(2)19(15(3)9-13)12-31-20-7-6-17(10-21(20)30-5)23-18(11-26)24(27)32-25-22(23)16(4)28-29-25/h6-10,23H,12,27H2,1-5H3,(H,28,29)/t23-/m1/s1. The number of aromatic amines is 1. The molecule has 1 aliphatic rings. The fraction of sp³-hybridized carbons (Fsp3) is 0.280. The van der Waals surface area contributed by atoms with Crippen LogP contribution in [0.4, 0.5) is 0 Å². The second kappa shape index (κ2) is 8.31. The van der Waals surface area contributed by atoms with Crippen molar-refractivity contribution < 1.29 is 14.2 Å². The fourth-order valence-corrected chi connectivity index (χ4v) is 4.30. The molecule has 0 amide bonds. The van der Waals surface area contributed by atoms with Crippen molar-refractivity contribution in [3.05, 3.63) is 80.9 Å². The van der Waals surface area contributed by atoms with E-state index in [1.54, 1.807) is 7.11 Å². The molecule has 7 nitrogen and oxygen atoms in total. The van der Waals surface area contributed by atoms with Gasteiger partial charge in [0.15, 0.2) is 11.5 Å². The largest absolute Gasteiger partial charge is 0.493 e. The minimum atomic E-state index is -0.410. The second-order valence-electron chi connectivity index (χ2n) is 8.07. The Labute approximate surface area is 187 Å². The zero-order chi connectivity index (χ0) is 23.0. The van der Waals surface area contributed by atoms with E-state index in [0.29, 0.717) is 29.6 Å². The molecule has 0 aliphatic carbocycles. The second-order valence-corrected chi connectivity index (χ2v) is 8.07. The Bertz CT molecular complexity index is 1240. The number of nitrogens with zero attached hydrogens (tertiary/aromatic N) is 2. The molecule has 0 saturated heterocycles. The van der Waals surface area contributed by atoms with Gasteiger partial charge < -0.3 is 19.9 Å². The third-order valence-electron chi connectivity index (χ3n) is 5.86. The Morgan fingerprint density at radius 2 is 1.84 bits per heavy atom. The highest BCUT2D eigenvalue weighted by molar-refractivity contribution is 5.57. The van der Waals surface area contributed by atoms with Gasteiger partial charge in [-0.25, -0.2) is 0 Å². The molecule has 3 N–H and O–H groups in total. The summed E-state index contributed by atoms with van der Waals surface area (Å²) in [4.78, 5) is 0. The van der Waals surface area contributed by atoms with Crippen LogP contribution in [0.15, 0.2) is 41.8 Å². The zero-order valence-corrected chi connectivity index (χ0v) is 18.9.